The summed E-state index contributed by atoms with van der Waals surface area (Å²) in [7, 11) is -3.55. The fourth-order valence-electron chi connectivity index (χ4n) is 3.37. The van der Waals surface area contributed by atoms with Crippen molar-refractivity contribution >= 4 is 15.9 Å². The van der Waals surface area contributed by atoms with Crippen LogP contribution in [0.4, 0.5) is 0 Å². The van der Waals surface area contributed by atoms with Crippen molar-refractivity contribution in [1.29, 1.82) is 0 Å². The highest BCUT2D eigenvalue weighted by Gasteiger charge is 2.26. The molecule has 0 saturated carbocycles. The van der Waals surface area contributed by atoms with Crippen LogP contribution in [0.2, 0.25) is 0 Å². The molecule has 0 spiro atoms. The molecule has 146 valence electrons. The predicted octanol–water partition coefficient (Wildman–Crippen LogP) is 2.18. The van der Waals surface area contributed by atoms with E-state index in [1.807, 2.05) is 18.7 Å². The van der Waals surface area contributed by atoms with E-state index in [-0.39, 0.29) is 10.8 Å². The Hall–Kier alpha value is -1.44. The highest BCUT2D eigenvalue weighted by molar-refractivity contribution is 7.89. The van der Waals surface area contributed by atoms with E-state index in [1.165, 1.54) is 10.4 Å². The van der Waals surface area contributed by atoms with Gasteiger partial charge in [-0.1, -0.05) is 26.8 Å². The van der Waals surface area contributed by atoms with Crippen molar-refractivity contribution in [3.63, 3.8) is 0 Å². The van der Waals surface area contributed by atoms with Gasteiger partial charge in [-0.2, -0.15) is 4.31 Å². The first-order valence-corrected chi connectivity index (χ1v) is 11.0. The number of hydrogen-bond acceptors (Lipinski definition) is 4. The predicted molar refractivity (Wildman–Crippen MR) is 104 cm³/mol. The second-order valence-electron chi connectivity index (χ2n) is 6.66. The van der Waals surface area contributed by atoms with Crippen LogP contribution >= 0.6 is 0 Å². The van der Waals surface area contributed by atoms with Crippen molar-refractivity contribution < 1.29 is 13.2 Å². The third-order valence-corrected chi connectivity index (χ3v) is 7.05. The van der Waals surface area contributed by atoms with Crippen LogP contribution in [0.25, 0.3) is 0 Å². The normalized spacial score (nSPS) is 16.2. The van der Waals surface area contributed by atoms with Crippen LogP contribution in [0.1, 0.15) is 44.0 Å². The SMILES string of the molecule is CCNCC1CCN(C(=O)c2cccc(S(=O)(=O)N(CC)CC)c2)CC1. The Kier molecular flexibility index (Phi) is 7.61. The lowest BCUT2D eigenvalue weighted by atomic mass is 9.96. The van der Waals surface area contributed by atoms with Crippen molar-refractivity contribution in [1.82, 2.24) is 14.5 Å². The summed E-state index contributed by atoms with van der Waals surface area (Å²) in [6.07, 6.45) is 1.96. The second kappa shape index (κ2) is 9.48. The number of rotatable bonds is 8. The summed E-state index contributed by atoms with van der Waals surface area (Å²) in [6, 6.07) is 6.43. The maximum absolute atomic E-state index is 12.8. The van der Waals surface area contributed by atoms with E-state index in [2.05, 4.69) is 12.2 Å². The summed E-state index contributed by atoms with van der Waals surface area (Å²) in [5.74, 6) is 0.525. The fourth-order valence-corrected chi connectivity index (χ4v) is 4.88. The van der Waals surface area contributed by atoms with E-state index < -0.39 is 10.0 Å². The van der Waals surface area contributed by atoms with Crippen molar-refractivity contribution in [3.05, 3.63) is 29.8 Å². The number of carbonyl (C=O) groups is 1. The van der Waals surface area contributed by atoms with E-state index in [9.17, 15) is 13.2 Å². The average molecular weight is 382 g/mol. The number of benzene rings is 1. The largest absolute Gasteiger partial charge is 0.339 e. The molecule has 6 nitrogen and oxygen atoms in total. The zero-order valence-corrected chi connectivity index (χ0v) is 16.9. The Bertz CT molecular complexity index is 694. The number of carbonyl (C=O) groups excluding carboxylic acids is 1. The lowest BCUT2D eigenvalue weighted by molar-refractivity contribution is 0.0690. The van der Waals surface area contributed by atoms with E-state index in [4.69, 9.17) is 0 Å². The van der Waals surface area contributed by atoms with Gasteiger partial charge in [-0.25, -0.2) is 8.42 Å². The number of nitrogens with zero attached hydrogens (tertiary/aromatic N) is 2. The van der Waals surface area contributed by atoms with Gasteiger partial charge in [0.05, 0.1) is 4.90 Å². The number of likely N-dealkylation sites (tertiary alicyclic amines) is 1. The standard InChI is InChI=1S/C19H31N3O3S/c1-4-20-15-16-10-12-21(13-11-16)19(23)17-8-7-9-18(14-17)26(24,25)22(5-2)6-3/h7-9,14,16,20H,4-6,10-13,15H2,1-3H3. The maximum Gasteiger partial charge on any atom is 0.253 e. The summed E-state index contributed by atoms with van der Waals surface area (Å²) < 4.78 is 26.8. The van der Waals surface area contributed by atoms with Gasteiger partial charge in [0.25, 0.3) is 5.91 Å². The third-order valence-electron chi connectivity index (χ3n) is 5.01. The molecule has 1 N–H and O–H groups in total. The minimum Gasteiger partial charge on any atom is -0.339 e. The molecule has 26 heavy (non-hydrogen) atoms. The first kappa shape index (κ1) is 20.9. The number of amides is 1. The molecule has 1 fully saturated rings. The van der Waals surface area contributed by atoms with Crippen LogP contribution in [0.15, 0.2) is 29.2 Å². The van der Waals surface area contributed by atoms with Crippen LogP contribution < -0.4 is 5.32 Å². The van der Waals surface area contributed by atoms with Crippen molar-refractivity contribution in [2.24, 2.45) is 5.92 Å². The Labute approximate surface area is 157 Å². The van der Waals surface area contributed by atoms with Crippen molar-refractivity contribution in [2.45, 2.75) is 38.5 Å². The lowest BCUT2D eigenvalue weighted by Gasteiger charge is -2.32. The molecule has 1 heterocycles. The molecule has 0 radical (unpaired) electrons. The van der Waals surface area contributed by atoms with Crippen LogP contribution in [0.5, 0.6) is 0 Å². The summed E-state index contributed by atoms with van der Waals surface area (Å²) in [4.78, 5) is 14.8. The average Bonchev–Trinajstić information content (AvgIpc) is 2.67. The van der Waals surface area contributed by atoms with Gasteiger partial charge in [-0.05, 0) is 50.0 Å². The molecule has 0 atom stereocenters. The molecular formula is C19H31N3O3S. The van der Waals surface area contributed by atoms with Gasteiger partial charge in [0.2, 0.25) is 10.0 Å². The molecule has 0 aromatic heterocycles. The maximum atomic E-state index is 12.8. The highest BCUT2D eigenvalue weighted by atomic mass is 32.2. The first-order chi connectivity index (χ1) is 12.4. The van der Waals surface area contributed by atoms with E-state index in [0.717, 1.165) is 39.0 Å². The van der Waals surface area contributed by atoms with Crippen LogP contribution in [-0.2, 0) is 10.0 Å². The number of piperidine rings is 1. The van der Waals surface area contributed by atoms with Gasteiger partial charge < -0.3 is 10.2 Å². The summed E-state index contributed by atoms with van der Waals surface area (Å²) in [6.45, 7) is 9.96. The summed E-state index contributed by atoms with van der Waals surface area (Å²) in [5, 5.41) is 3.36. The number of hydrogen-bond donors (Lipinski definition) is 1. The highest BCUT2D eigenvalue weighted by Crippen LogP contribution is 2.21. The first-order valence-electron chi connectivity index (χ1n) is 9.54. The molecule has 7 heteroatoms. The van der Waals surface area contributed by atoms with Gasteiger partial charge >= 0.3 is 0 Å². The van der Waals surface area contributed by atoms with Gasteiger partial charge in [0.15, 0.2) is 0 Å². The molecule has 0 aliphatic carbocycles. The molecular weight excluding hydrogens is 350 g/mol. The Morgan fingerprint density at radius 2 is 1.85 bits per heavy atom. The third kappa shape index (κ3) is 4.84. The molecule has 0 bridgehead atoms. The van der Waals surface area contributed by atoms with E-state index in [0.29, 0.717) is 24.6 Å². The topological polar surface area (TPSA) is 69.7 Å². The monoisotopic (exact) mass is 381 g/mol. The van der Waals surface area contributed by atoms with Crippen LogP contribution in [0.3, 0.4) is 0 Å². The minimum atomic E-state index is -3.55. The number of sulfonamides is 1. The smallest absolute Gasteiger partial charge is 0.253 e. The fraction of sp³-hybridized carbons (Fsp3) is 0.632. The Morgan fingerprint density at radius 1 is 1.19 bits per heavy atom. The van der Waals surface area contributed by atoms with Gasteiger partial charge in [0, 0.05) is 31.7 Å². The zero-order valence-electron chi connectivity index (χ0n) is 16.1. The van der Waals surface area contributed by atoms with Crippen LogP contribution in [0, 0.1) is 5.92 Å². The quantitative estimate of drug-likeness (QED) is 0.749. The van der Waals surface area contributed by atoms with Gasteiger partial charge in [-0.15, -0.1) is 0 Å². The molecule has 1 saturated heterocycles. The van der Waals surface area contributed by atoms with Crippen molar-refractivity contribution in [2.75, 3.05) is 39.3 Å². The molecule has 1 amide bonds. The Morgan fingerprint density at radius 3 is 2.42 bits per heavy atom. The van der Waals surface area contributed by atoms with Gasteiger partial charge in [0.1, 0.15) is 0 Å². The zero-order chi connectivity index (χ0) is 19.2. The van der Waals surface area contributed by atoms with Gasteiger partial charge in [-0.3, -0.25) is 4.79 Å². The molecule has 0 unspecified atom stereocenters. The molecule has 2 rings (SSSR count). The van der Waals surface area contributed by atoms with E-state index in [1.54, 1.807) is 18.2 Å². The summed E-state index contributed by atoms with van der Waals surface area (Å²) in [5.41, 5.74) is 0.448. The molecule has 1 aliphatic rings. The van der Waals surface area contributed by atoms with Crippen molar-refractivity contribution in [3.8, 4) is 0 Å². The minimum absolute atomic E-state index is 0.0801. The lowest BCUT2D eigenvalue weighted by Crippen LogP contribution is -2.40. The van der Waals surface area contributed by atoms with Crippen LogP contribution in [-0.4, -0.2) is 62.8 Å². The molecule has 1 aromatic rings. The molecule has 1 aromatic carbocycles. The van der Waals surface area contributed by atoms with E-state index >= 15 is 0 Å². The Balaban J connectivity index is 2.09. The molecule has 1 aliphatic heterocycles. The second-order valence-corrected chi connectivity index (χ2v) is 8.60. The summed E-state index contributed by atoms with van der Waals surface area (Å²) >= 11 is 0. The number of nitrogens with one attached hydrogen (secondary N) is 1.